The second-order valence-corrected chi connectivity index (χ2v) is 7.52. The molecule has 1 aromatic heterocycles. The van der Waals surface area contributed by atoms with E-state index >= 15 is 0 Å². The number of hydrogen-bond acceptors (Lipinski definition) is 4. The third-order valence-corrected chi connectivity index (χ3v) is 5.69. The van der Waals surface area contributed by atoms with Gasteiger partial charge in [-0.25, -0.2) is 0 Å². The van der Waals surface area contributed by atoms with Crippen molar-refractivity contribution in [1.29, 1.82) is 0 Å². The highest BCUT2D eigenvalue weighted by molar-refractivity contribution is 5.94. The standard InChI is InChI=1S/C24H22N2O3.C2H6/c27-23(19-4-2-1-3-5-19)26-14-10-24(11-15-26)28-17-21-16-20(6-7-22(21)29-24)18-8-12-25-13-9-18;1-2/h1-9,12-13,16H,10-11,14-15,17H2;1-2H3. The summed E-state index contributed by atoms with van der Waals surface area (Å²) in [5, 5.41) is 0. The number of ether oxygens (including phenoxy) is 2. The monoisotopic (exact) mass is 416 g/mol. The number of carbonyl (C=O) groups excluding carboxylic acids is 1. The lowest BCUT2D eigenvalue weighted by atomic mass is 9.99. The summed E-state index contributed by atoms with van der Waals surface area (Å²) in [5.41, 5.74) is 4.02. The summed E-state index contributed by atoms with van der Waals surface area (Å²) in [7, 11) is 0. The Balaban J connectivity index is 0.00000112. The van der Waals surface area contributed by atoms with Crippen LogP contribution in [-0.4, -0.2) is 34.7 Å². The number of pyridine rings is 1. The fourth-order valence-electron chi connectivity index (χ4n) is 4.02. The molecule has 3 heterocycles. The van der Waals surface area contributed by atoms with Crippen LogP contribution in [0.5, 0.6) is 5.75 Å². The average Bonchev–Trinajstić information content (AvgIpc) is 2.86. The summed E-state index contributed by atoms with van der Waals surface area (Å²) >= 11 is 0. The van der Waals surface area contributed by atoms with Gasteiger partial charge in [0.25, 0.3) is 5.91 Å². The normalized spacial score (nSPS) is 16.5. The molecule has 0 radical (unpaired) electrons. The zero-order valence-electron chi connectivity index (χ0n) is 18.1. The molecule has 0 atom stereocenters. The first kappa shape index (κ1) is 21.1. The lowest BCUT2D eigenvalue weighted by molar-refractivity contribution is -0.225. The molecule has 0 bridgehead atoms. The molecule has 0 unspecified atom stereocenters. The first-order chi connectivity index (χ1) is 15.2. The summed E-state index contributed by atoms with van der Waals surface area (Å²) in [6.45, 7) is 5.76. The molecule has 5 nitrogen and oxygen atoms in total. The number of rotatable bonds is 2. The molecular weight excluding hydrogens is 388 g/mol. The highest BCUT2D eigenvalue weighted by Crippen LogP contribution is 2.39. The Morgan fingerprint density at radius 1 is 0.935 bits per heavy atom. The van der Waals surface area contributed by atoms with Gasteiger partial charge in [0.05, 0.1) is 6.61 Å². The topological polar surface area (TPSA) is 51.7 Å². The van der Waals surface area contributed by atoms with Gasteiger partial charge in [-0.05, 0) is 47.5 Å². The number of hydrogen-bond donors (Lipinski definition) is 0. The molecule has 1 fully saturated rings. The minimum atomic E-state index is -0.640. The molecule has 1 spiro atoms. The van der Waals surface area contributed by atoms with E-state index in [1.54, 1.807) is 12.4 Å². The highest BCUT2D eigenvalue weighted by atomic mass is 16.7. The van der Waals surface area contributed by atoms with Crippen LogP contribution in [0.15, 0.2) is 73.1 Å². The van der Waals surface area contributed by atoms with E-state index < -0.39 is 5.79 Å². The van der Waals surface area contributed by atoms with Crippen molar-refractivity contribution in [3.05, 3.63) is 84.2 Å². The summed E-state index contributed by atoms with van der Waals surface area (Å²) in [6, 6.07) is 19.6. The number of aromatic nitrogens is 1. The van der Waals surface area contributed by atoms with Crippen LogP contribution in [0.2, 0.25) is 0 Å². The number of likely N-dealkylation sites (tertiary alicyclic amines) is 1. The van der Waals surface area contributed by atoms with Crippen molar-refractivity contribution in [2.75, 3.05) is 13.1 Å². The largest absolute Gasteiger partial charge is 0.462 e. The van der Waals surface area contributed by atoms with Gasteiger partial charge >= 0.3 is 0 Å². The molecule has 31 heavy (non-hydrogen) atoms. The van der Waals surface area contributed by atoms with Crippen LogP contribution in [0.25, 0.3) is 11.1 Å². The van der Waals surface area contributed by atoms with Gasteiger partial charge in [0.15, 0.2) is 0 Å². The van der Waals surface area contributed by atoms with Crippen molar-refractivity contribution in [1.82, 2.24) is 9.88 Å². The van der Waals surface area contributed by atoms with Crippen LogP contribution in [0.4, 0.5) is 0 Å². The van der Waals surface area contributed by atoms with Crippen LogP contribution in [-0.2, 0) is 11.3 Å². The molecule has 160 valence electrons. The van der Waals surface area contributed by atoms with Gasteiger partial charge in [-0.3, -0.25) is 9.78 Å². The van der Waals surface area contributed by atoms with Crippen molar-refractivity contribution >= 4 is 5.91 Å². The molecule has 0 aliphatic carbocycles. The van der Waals surface area contributed by atoms with E-state index in [1.165, 1.54) is 0 Å². The summed E-state index contributed by atoms with van der Waals surface area (Å²) in [5.74, 6) is 0.300. The Hall–Kier alpha value is -3.18. The zero-order chi connectivity index (χ0) is 21.7. The summed E-state index contributed by atoms with van der Waals surface area (Å²) < 4.78 is 12.5. The number of benzene rings is 2. The second-order valence-electron chi connectivity index (χ2n) is 7.52. The quantitative estimate of drug-likeness (QED) is 0.568. The second kappa shape index (κ2) is 9.31. The molecule has 1 saturated heterocycles. The fourth-order valence-corrected chi connectivity index (χ4v) is 4.02. The van der Waals surface area contributed by atoms with Crippen molar-refractivity contribution in [2.45, 2.75) is 39.1 Å². The Kier molecular flexibility index (Phi) is 6.33. The number of amides is 1. The number of nitrogens with zero attached hydrogens (tertiary/aromatic N) is 2. The summed E-state index contributed by atoms with van der Waals surface area (Å²) in [4.78, 5) is 18.6. The van der Waals surface area contributed by atoms with Crippen LogP contribution >= 0.6 is 0 Å². The first-order valence-corrected chi connectivity index (χ1v) is 10.9. The van der Waals surface area contributed by atoms with E-state index in [-0.39, 0.29) is 5.91 Å². The maximum Gasteiger partial charge on any atom is 0.253 e. The molecule has 5 rings (SSSR count). The Morgan fingerprint density at radius 3 is 2.35 bits per heavy atom. The van der Waals surface area contributed by atoms with Crippen LogP contribution in [0, 0.1) is 0 Å². The fraction of sp³-hybridized carbons (Fsp3) is 0.308. The minimum Gasteiger partial charge on any atom is -0.462 e. The minimum absolute atomic E-state index is 0.0682. The number of carbonyl (C=O) groups is 1. The summed E-state index contributed by atoms with van der Waals surface area (Å²) in [6.07, 6.45) is 4.91. The van der Waals surface area contributed by atoms with Crippen molar-refractivity contribution < 1.29 is 14.3 Å². The van der Waals surface area contributed by atoms with Gasteiger partial charge in [-0.2, -0.15) is 0 Å². The van der Waals surface area contributed by atoms with E-state index in [2.05, 4.69) is 17.1 Å². The van der Waals surface area contributed by atoms with E-state index in [0.29, 0.717) is 32.5 Å². The zero-order valence-corrected chi connectivity index (χ0v) is 18.1. The molecule has 3 aromatic rings. The maximum absolute atomic E-state index is 12.7. The van der Waals surface area contributed by atoms with Crippen LogP contribution < -0.4 is 4.74 Å². The lowest BCUT2D eigenvalue weighted by Gasteiger charge is -2.44. The number of fused-ring (bicyclic) bond motifs is 1. The van der Waals surface area contributed by atoms with E-state index in [1.807, 2.05) is 67.3 Å². The molecule has 2 aromatic carbocycles. The van der Waals surface area contributed by atoms with Gasteiger partial charge in [0.2, 0.25) is 5.79 Å². The van der Waals surface area contributed by atoms with Gasteiger partial charge in [0.1, 0.15) is 5.75 Å². The lowest BCUT2D eigenvalue weighted by Crippen LogP contribution is -2.52. The first-order valence-electron chi connectivity index (χ1n) is 10.9. The third-order valence-electron chi connectivity index (χ3n) is 5.69. The van der Waals surface area contributed by atoms with Gasteiger partial charge < -0.3 is 14.4 Å². The molecule has 2 aliphatic heterocycles. The third kappa shape index (κ3) is 4.47. The van der Waals surface area contributed by atoms with Crippen molar-refractivity contribution in [3.8, 4) is 16.9 Å². The predicted molar refractivity (Wildman–Crippen MR) is 121 cm³/mol. The highest BCUT2D eigenvalue weighted by Gasteiger charge is 2.42. The molecular formula is C26H28N2O3. The van der Waals surface area contributed by atoms with Crippen molar-refractivity contribution in [2.24, 2.45) is 0 Å². The smallest absolute Gasteiger partial charge is 0.253 e. The van der Waals surface area contributed by atoms with Gasteiger partial charge in [-0.15, -0.1) is 0 Å². The average molecular weight is 417 g/mol. The van der Waals surface area contributed by atoms with Gasteiger partial charge in [0, 0.05) is 49.5 Å². The SMILES string of the molecule is CC.O=C(c1ccccc1)N1CCC2(CC1)OCc1cc(-c3ccncc3)ccc1O2. The van der Waals surface area contributed by atoms with E-state index in [0.717, 1.165) is 28.0 Å². The molecule has 0 N–H and O–H groups in total. The molecule has 5 heteroatoms. The van der Waals surface area contributed by atoms with Crippen LogP contribution in [0.3, 0.4) is 0 Å². The number of piperidine rings is 1. The Labute approximate surface area is 183 Å². The molecule has 0 saturated carbocycles. The van der Waals surface area contributed by atoms with Crippen molar-refractivity contribution in [3.63, 3.8) is 0 Å². The maximum atomic E-state index is 12.7. The Bertz CT molecular complexity index is 1010. The van der Waals surface area contributed by atoms with E-state index in [9.17, 15) is 4.79 Å². The van der Waals surface area contributed by atoms with Crippen LogP contribution in [0.1, 0.15) is 42.6 Å². The Morgan fingerprint density at radius 2 is 1.65 bits per heavy atom. The van der Waals surface area contributed by atoms with E-state index in [4.69, 9.17) is 9.47 Å². The molecule has 2 aliphatic rings. The predicted octanol–water partition coefficient (Wildman–Crippen LogP) is 5.32. The molecule has 1 amide bonds. The van der Waals surface area contributed by atoms with Gasteiger partial charge in [-0.1, -0.05) is 38.1 Å².